The van der Waals surface area contributed by atoms with E-state index in [0.717, 1.165) is 25.1 Å². The van der Waals surface area contributed by atoms with Crippen molar-refractivity contribution in [2.75, 3.05) is 18.0 Å². The van der Waals surface area contributed by atoms with E-state index >= 15 is 0 Å². The Morgan fingerprint density at radius 1 is 1.23 bits per heavy atom. The number of carbonyl (C=O) groups is 2. The molecule has 0 spiro atoms. The van der Waals surface area contributed by atoms with Crippen molar-refractivity contribution in [3.05, 3.63) is 59.9 Å². The minimum absolute atomic E-state index is 0.141. The molecular formula is C20H20N4O2. The van der Waals surface area contributed by atoms with Gasteiger partial charge in [-0.3, -0.25) is 14.6 Å². The summed E-state index contributed by atoms with van der Waals surface area (Å²) in [6, 6.07) is 14.4. The van der Waals surface area contributed by atoms with Gasteiger partial charge < -0.3 is 10.6 Å². The molecule has 0 unspecified atom stereocenters. The lowest BCUT2D eigenvalue weighted by Gasteiger charge is -2.33. The quantitative estimate of drug-likeness (QED) is 0.836. The van der Waals surface area contributed by atoms with Gasteiger partial charge in [0.25, 0.3) is 0 Å². The van der Waals surface area contributed by atoms with Gasteiger partial charge in [0.2, 0.25) is 5.91 Å². The van der Waals surface area contributed by atoms with E-state index in [1.165, 1.54) is 0 Å². The Bertz CT molecular complexity index is 827. The first kappa shape index (κ1) is 17.6. The molecule has 1 amide bonds. The Labute approximate surface area is 152 Å². The fraction of sp³-hybridized carbons (Fsp3) is 0.300. The molecule has 1 fully saturated rings. The number of nitrogens with zero attached hydrogens (tertiary/aromatic N) is 3. The average molecular weight is 348 g/mol. The molecular weight excluding hydrogens is 328 g/mol. The Morgan fingerprint density at radius 3 is 2.62 bits per heavy atom. The number of primary amides is 1. The number of nitrogens with two attached hydrogens (primary N) is 1. The van der Waals surface area contributed by atoms with E-state index in [1.54, 1.807) is 36.5 Å². The van der Waals surface area contributed by atoms with Gasteiger partial charge in [-0.05, 0) is 49.2 Å². The highest BCUT2D eigenvalue weighted by atomic mass is 16.1. The van der Waals surface area contributed by atoms with Crippen molar-refractivity contribution in [1.29, 1.82) is 5.26 Å². The lowest BCUT2D eigenvalue weighted by atomic mass is 9.94. The van der Waals surface area contributed by atoms with Crippen molar-refractivity contribution >= 4 is 17.4 Å². The Morgan fingerprint density at radius 2 is 2.00 bits per heavy atom. The molecule has 2 heterocycles. The van der Waals surface area contributed by atoms with Crippen molar-refractivity contribution in [3.8, 4) is 6.07 Å². The summed E-state index contributed by atoms with van der Waals surface area (Å²) in [6.45, 7) is 1.45. The van der Waals surface area contributed by atoms with Gasteiger partial charge in [0.05, 0.1) is 17.7 Å². The largest absolute Gasteiger partial charge is 0.371 e. The zero-order chi connectivity index (χ0) is 18.5. The molecule has 0 bridgehead atoms. The predicted octanol–water partition coefficient (Wildman–Crippen LogP) is 2.27. The van der Waals surface area contributed by atoms with Crippen LogP contribution in [-0.2, 0) is 4.79 Å². The molecule has 1 aromatic carbocycles. The van der Waals surface area contributed by atoms with Crippen molar-refractivity contribution in [2.45, 2.75) is 18.8 Å². The molecule has 1 aliphatic rings. The van der Waals surface area contributed by atoms with Crippen LogP contribution in [0.15, 0.2) is 48.7 Å². The highest BCUT2D eigenvalue weighted by molar-refractivity contribution is 6.02. The fourth-order valence-corrected chi connectivity index (χ4v) is 3.25. The van der Waals surface area contributed by atoms with Gasteiger partial charge >= 0.3 is 0 Å². The number of rotatable bonds is 5. The topological polar surface area (TPSA) is 100 Å². The standard InChI is InChI=1S/C20H20N4O2/c21-12-17(18-5-1-2-10-23-18)19(25)14-6-8-16(9-7-14)24-11-3-4-15(13-24)20(22)26/h1-2,5-10,15,17H,3-4,11,13H2,(H2,22,26)/t15-,17-/m1/s1. The number of carbonyl (C=O) groups excluding carboxylic acids is 2. The van der Waals surface area contributed by atoms with Crippen LogP contribution in [0.3, 0.4) is 0 Å². The average Bonchev–Trinajstić information content (AvgIpc) is 2.69. The Kier molecular flexibility index (Phi) is 5.28. The summed E-state index contributed by atoms with van der Waals surface area (Å²) in [5.74, 6) is -1.60. The highest BCUT2D eigenvalue weighted by Gasteiger charge is 2.25. The number of pyridine rings is 1. The van der Waals surface area contributed by atoms with Crippen LogP contribution in [-0.4, -0.2) is 29.8 Å². The molecule has 3 rings (SSSR count). The van der Waals surface area contributed by atoms with Crippen LogP contribution in [0.4, 0.5) is 5.69 Å². The summed E-state index contributed by atoms with van der Waals surface area (Å²) in [5, 5.41) is 9.39. The number of anilines is 1. The highest BCUT2D eigenvalue weighted by Crippen LogP contribution is 2.25. The normalized spacial score (nSPS) is 18.0. The molecule has 0 aliphatic carbocycles. The molecule has 6 heteroatoms. The lowest BCUT2D eigenvalue weighted by Crippen LogP contribution is -2.41. The predicted molar refractivity (Wildman–Crippen MR) is 97.5 cm³/mol. The third kappa shape index (κ3) is 3.72. The molecule has 6 nitrogen and oxygen atoms in total. The van der Waals surface area contributed by atoms with E-state index in [-0.39, 0.29) is 17.6 Å². The molecule has 1 saturated heterocycles. The van der Waals surface area contributed by atoms with Crippen LogP contribution >= 0.6 is 0 Å². The number of ketones is 1. The minimum Gasteiger partial charge on any atom is -0.371 e. The lowest BCUT2D eigenvalue weighted by molar-refractivity contribution is -0.122. The third-order valence-electron chi connectivity index (χ3n) is 4.72. The molecule has 132 valence electrons. The smallest absolute Gasteiger partial charge is 0.222 e. The molecule has 1 aliphatic heterocycles. The van der Waals surface area contributed by atoms with Gasteiger partial charge in [-0.2, -0.15) is 5.26 Å². The number of piperidine rings is 1. The number of aromatic nitrogens is 1. The summed E-state index contributed by atoms with van der Waals surface area (Å²) < 4.78 is 0. The van der Waals surface area contributed by atoms with Crippen LogP contribution in [0.2, 0.25) is 0 Å². The molecule has 2 N–H and O–H groups in total. The number of hydrogen-bond acceptors (Lipinski definition) is 5. The van der Waals surface area contributed by atoms with Gasteiger partial charge in [-0.1, -0.05) is 6.07 Å². The first-order valence-corrected chi connectivity index (χ1v) is 8.59. The van der Waals surface area contributed by atoms with E-state index in [0.29, 0.717) is 17.8 Å². The van der Waals surface area contributed by atoms with Crippen molar-refractivity contribution < 1.29 is 9.59 Å². The minimum atomic E-state index is -0.920. The maximum Gasteiger partial charge on any atom is 0.222 e. The van der Waals surface area contributed by atoms with E-state index in [2.05, 4.69) is 9.88 Å². The van der Waals surface area contributed by atoms with Crippen LogP contribution in [0.1, 0.15) is 34.8 Å². The number of nitriles is 1. The van der Waals surface area contributed by atoms with Crippen LogP contribution in [0.25, 0.3) is 0 Å². The Balaban J connectivity index is 1.76. The fourth-order valence-electron chi connectivity index (χ4n) is 3.25. The van der Waals surface area contributed by atoms with Gasteiger partial charge in [-0.15, -0.1) is 0 Å². The van der Waals surface area contributed by atoms with Crippen LogP contribution < -0.4 is 10.6 Å². The molecule has 2 atom stereocenters. The number of hydrogen-bond donors (Lipinski definition) is 1. The van der Waals surface area contributed by atoms with Gasteiger partial charge in [0.15, 0.2) is 11.7 Å². The monoisotopic (exact) mass is 348 g/mol. The third-order valence-corrected chi connectivity index (χ3v) is 4.72. The summed E-state index contributed by atoms with van der Waals surface area (Å²) in [5.41, 5.74) is 7.29. The van der Waals surface area contributed by atoms with E-state index in [9.17, 15) is 14.9 Å². The summed E-state index contributed by atoms with van der Waals surface area (Å²) in [6.07, 6.45) is 3.29. The van der Waals surface area contributed by atoms with E-state index in [1.807, 2.05) is 18.2 Å². The van der Waals surface area contributed by atoms with Gasteiger partial charge in [0, 0.05) is 30.5 Å². The van der Waals surface area contributed by atoms with Crippen molar-refractivity contribution in [3.63, 3.8) is 0 Å². The van der Waals surface area contributed by atoms with E-state index in [4.69, 9.17) is 5.73 Å². The molecule has 0 saturated carbocycles. The second-order valence-electron chi connectivity index (χ2n) is 6.42. The maximum absolute atomic E-state index is 12.7. The first-order chi connectivity index (χ1) is 12.6. The number of Topliss-reactive ketones (excluding diaryl/α,β-unsaturated/α-hetero) is 1. The second-order valence-corrected chi connectivity index (χ2v) is 6.42. The number of benzene rings is 1. The maximum atomic E-state index is 12.7. The zero-order valence-corrected chi connectivity index (χ0v) is 14.3. The molecule has 0 radical (unpaired) electrons. The van der Waals surface area contributed by atoms with E-state index < -0.39 is 5.92 Å². The molecule has 1 aromatic heterocycles. The molecule has 26 heavy (non-hydrogen) atoms. The van der Waals surface area contributed by atoms with Gasteiger partial charge in [0.1, 0.15) is 0 Å². The van der Waals surface area contributed by atoms with Gasteiger partial charge in [-0.25, -0.2) is 0 Å². The van der Waals surface area contributed by atoms with Crippen molar-refractivity contribution in [1.82, 2.24) is 4.98 Å². The first-order valence-electron chi connectivity index (χ1n) is 8.59. The van der Waals surface area contributed by atoms with Crippen LogP contribution in [0.5, 0.6) is 0 Å². The second kappa shape index (κ2) is 7.79. The summed E-state index contributed by atoms with van der Waals surface area (Å²) in [7, 11) is 0. The SMILES string of the molecule is N#C[C@@H](C(=O)c1ccc(N2CCC[C@@H](C(N)=O)C2)cc1)c1ccccn1. The van der Waals surface area contributed by atoms with Crippen LogP contribution in [0, 0.1) is 17.2 Å². The summed E-state index contributed by atoms with van der Waals surface area (Å²) in [4.78, 5) is 30.3. The Hall–Kier alpha value is -3.20. The zero-order valence-electron chi connectivity index (χ0n) is 14.3. The molecule has 2 aromatic rings. The summed E-state index contributed by atoms with van der Waals surface area (Å²) >= 11 is 0. The van der Waals surface area contributed by atoms with Crippen molar-refractivity contribution in [2.24, 2.45) is 11.7 Å². The number of amides is 1.